The quantitative estimate of drug-likeness (QED) is 0.836. The molecule has 1 heterocycles. The number of amides is 1. The van der Waals surface area contributed by atoms with Crippen molar-refractivity contribution < 1.29 is 17.9 Å². The fourth-order valence-electron chi connectivity index (χ4n) is 2.79. The van der Waals surface area contributed by atoms with Crippen LogP contribution in [-0.4, -0.2) is 57.5 Å². The van der Waals surface area contributed by atoms with Crippen molar-refractivity contribution in [3.63, 3.8) is 0 Å². The highest BCUT2D eigenvalue weighted by Crippen LogP contribution is 2.27. The number of ether oxygens (including phenoxy) is 1. The second kappa shape index (κ2) is 7.31. The van der Waals surface area contributed by atoms with Crippen LogP contribution in [0.15, 0.2) is 24.3 Å². The molecule has 7 heteroatoms. The Kier molecular flexibility index (Phi) is 5.64. The summed E-state index contributed by atoms with van der Waals surface area (Å²) in [5.41, 5.74) is 1.01. The molecule has 2 atom stereocenters. The number of likely N-dealkylation sites (N-methyl/N-ethyl adjacent to an activating group) is 1. The standard InChI is InChI=1S/C16H24N2O4S/c1-12(14-6-4-5-7-15(14)22-3)18(2)10-16(19)17-13-8-9-23(20,21)11-13/h4-7,12-13H,8-11H2,1-3H3,(H,17,19)/t12-,13-/m1/s1. The molecular weight excluding hydrogens is 316 g/mol. The predicted octanol–water partition coefficient (Wildman–Crippen LogP) is 0.991. The predicted molar refractivity (Wildman–Crippen MR) is 89.2 cm³/mol. The molecule has 1 aromatic carbocycles. The Balaban J connectivity index is 1.93. The van der Waals surface area contributed by atoms with E-state index >= 15 is 0 Å². The summed E-state index contributed by atoms with van der Waals surface area (Å²) < 4.78 is 28.2. The lowest BCUT2D eigenvalue weighted by Gasteiger charge is -2.26. The maximum atomic E-state index is 12.1. The Morgan fingerprint density at radius 1 is 1.43 bits per heavy atom. The minimum absolute atomic E-state index is 0.00390. The van der Waals surface area contributed by atoms with Gasteiger partial charge in [0.05, 0.1) is 25.2 Å². The van der Waals surface area contributed by atoms with Gasteiger partial charge in [0.25, 0.3) is 0 Å². The van der Waals surface area contributed by atoms with Crippen molar-refractivity contribution in [1.82, 2.24) is 10.2 Å². The molecule has 1 amide bonds. The van der Waals surface area contributed by atoms with Gasteiger partial charge in [-0.15, -0.1) is 0 Å². The molecule has 128 valence electrons. The summed E-state index contributed by atoms with van der Waals surface area (Å²) in [5.74, 6) is 0.834. The molecule has 1 fully saturated rings. The van der Waals surface area contributed by atoms with Crippen molar-refractivity contribution in [3.8, 4) is 5.75 Å². The Morgan fingerprint density at radius 2 is 2.13 bits per heavy atom. The second-order valence-corrected chi connectivity index (χ2v) is 8.23. The number of nitrogens with zero attached hydrogens (tertiary/aromatic N) is 1. The van der Waals surface area contributed by atoms with Crippen LogP contribution in [0.1, 0.15) is 24.9 Å². The third-order valence-electron chi connectivity index (χ3n) is 4.24. The molecule has 1 saturated heterocycles. The normalized spacial score (nSPS) is 21.1. The van der Waals surface area contributed by atoms with Crippen molar-refractivity contribution in [2.24, 2.45) is 0 Å². The number of sulfone groups is 1. The third-order valence-corrected chi connectivity index (χ3v) is 6.01. The minimum atomic E-state index is -2.98. The van der Waals surface area contributed by atoms with Gasteiger partial charge in [-0.25, -0.2) is 8.42 Å². The Morgan fingerprint density at radius 3 is 2.74 bits per heavy atom. The molecule has 1 aromatic rings. The molecule has 0 aromatic heterocycles. The first-order valence-corrected chi connectivity index (χ1v) is 9.47. The van der Waals surface area contributed by atoms with Gasteiger partial charge in [0.2, 0.25) is 5.91 Å². The van der Waals surface area contributed by atoms with Crippen LogP contribution in [0.3, 0.4) is 0 Å². The summed E-state index contributed by atoms with van der Waals surface area (Å²) >= 11 is 0. The van der Waals surface area contributed by atoms with E-state index in [9.17, 15) is 13.2 Å². The maximum Gasteiger partial charge on any atom is 0.234 e. The fourth-order valence-corrected chi connectivity index (χ4v) is 4.47. The van der Waals surface area contributed by atoms with Gasteiger partial charge >= 0.3 is 0 Å². The summed E-state index contributed by atoms with van der Waals surface area (Å²) in [4.78, 5) is 14.0. The van der Waals surface area contributed by atoms with Crippen LogP contribution < -0.4 is 10.1 Å². The molecule has 0 radical (unpaired) electrons. The van der Waals surface area contributed by atoms with Crippen molar-refractivity contribution >= 4 is 15.7 Å². The highest BCUT2D eigenvalue weighted by Gasteiger charge is 2.29. The number of nitrogens with one attached hydrogen (secondary N) is 1. The van der Waals surface area contributed by atoms with E-state index in [2.05, 4.69) is 5.32 Å². The summed E-state index contributed by atoms with van der Waals surface area (Å²) in [6, 6.07) is 7.45. The van der Waals surface area contributed by atoms with Crippen LogP contribution >= 0.6 is 0 Å². The van der Waals surface area contributed by atoms with Crippen LogP contribution in [0.5, 0.6) is 5.75 Å². The molecule has 0 aliphatic carbocycles. The highest BCUT2D eigenvalue weighted by atomic mass is 32.2. The molecule has 0 spiro atoms. The lowest BCUT2D eigenvalue weighted by atomic mass is 10.1. The topological polar surface area (TPSA) is 75.7 Å². The number of hydrogen-bond acceptors (Lipinski definition) is 5. The number of para-hydroxylation sites is 1. The molecule has 2 rings (SSSR count). The average Bonchev–Trinajstić information content (AvgIpc) is 2.84. The van der Waals surface area contributed by atoms with Gasteiger partial charge in [-0.1, -0.05) is 18.2 Å². The summed E-state index contributed by atoms with van der Waals surface area (Å²) in [6.07, 6.45) is 0.500. The molecule has 6 nitrogen and oxygen atoms in total. The molecule has 0 bridgehead atoms. The molecule has 23 heavy (non-hydrogen) atoms. The number of benzene rings is 1. The van der Waals surface area contributed by atoms with E-state index < -0.39 is 9.84 Å². The first-order chi connectivity index (χ1) is 10.8. The number of hydrogen-bond donors (Lipinski definition) is 1. The van der Waals surface area contributed by atoms with Crippen molar-refractivity contribution in [2.45, 2.75) is 25.4 Å². The van der Waals surface area contributed by atoms with Gasteiger partial charge < -0.3 is 10.1 Å². The van der Waals surface area contributed by atoms with E-state index in [1.807, 2.05) is 43.1 Å². The van der Waals surface area contributed by atoms with E-state index in [4.69, 9.17) is 4.74 Å². The SMILES string of the molecule is COc1ccccc1[C@@H](C)N(C)CC(=O)N[C@@H]1CCS(=O)(=O)C1. The van der Waals surface area contributed by atoms with Crippen molar-refractivity contribution in [2.75, 3.05) is 32.2 Å². The first-order valence-electron chi connectivity index (χ1n) is 7.65. The van der Waals surface area contributed by atoms with Crippen LogP contribution in [0.25, 0.3) is 0 Å². The number of carbonyl (C=O) groups excluding carboxylic acids is 1. The monoisotopic (exact) mass is 340 g/mol. The van der Waals surface area contributed by atoms with Gasteiger partial charge in [0.15, 0.2) is 9.84 Å². The van der Waals surface area contributed by atoms with E-state index in [1.165, 1.54) is 0 Å². The minimum Gasteiger partial charge on any atom is -0.496 e. The number of carbonyl (C=O) groups is 1. The lowest BCUT2D eigenvalue weighted by Crippen LogP contribution is -2.42. The number of rotatable bonds is 6. The van der Waals surface area contributed by atoms with Gasteiger partial charge in [0, 0.05) is 17.6 Å². The van der Waals surface area contributed by atoms with Crippen LogP contribution in [-0.2, 0) is 14.6 Å². The largest absolute Gasteiger partial charge is 0.496 e. The summed E-state index contributed by atoms with van der Waals surface area (Å²) in [7, 11) is 0.504. The molecular formula is C16H24N2O4S. The zero-order chi connectivity index (χ0) is 17.0. The highest BCUT2D eigenvalue weighted by molar-refractivity contribution is 7.91. The maximum absolute atomic E-state index is 12.1. The summed E-state index contributed by atoms with van der Waals surface area (Å²) in [5, 5.41) is 2.81. The Hall–Kier alpha value is -1.60. The van der Waals surface area contributed by atoms with E-state index in [-0.39, 0.29) is 36.0 Å². The Labute approximate surface area is 137 Å². The average molecular weight is 340 g/mol. The van der Waals surface area contributed by atoms with Crippen molar-refractivity contribution in [3.05, 3.63) is 29.8 Å². The lowest BCUT2D eigenvalue weighted by molar-refractivity contribution is -0.122. The smallest absolute Gasteiger partial charge is 0.234 e. The number of methoxy groups -OCH3 is 1. The van der Waals surface area contributed by atoms with Crippen LogP contribution in [0, 0.1) is 0 Å². The van der Waals surface area contributed by atoms with E-state index in [0.29, 0.717) is 6.42 Å². The molecule has 1 aliphatic rings. The second-order valence-electron chi connectivity index (χ2n) is 6.00. The first kappa shape index (κ1) is 17.7. The summed E-state index contributed by atoms with van der Waals surface area (Å²) in [6.45, 7) is 2.21. The Bertz CT molecular complexity index is 660. The molecule has 0 saturated carbocycles. The van der Waals surface area contributed by atoms with Gasteiger partial charge in [-0.2, -0.15) is 0 Å². The van der Waals surface area contributed by atoms with E-state index in [0.717, 1.165) is 11.3 Å². The fraction of sp³-hybridized carbons (Fsp3) is 0.562. The molecule has 0 unspecified atom stereocenters. The zero-order valence-corrected chi connectivity index (χ0v) is 14.6. The van der Waals surface area contributed by atoms with Crippen molar-refractivity contribution in [1.29, 1.82) is 0 Å². The molecule has 1 N–H and O–H groups in total. The van der Waals surface area contributed by atoms with Gasteiger partial charge in [-0.05, 0) is 26.5 Å². The third kappa shape index (κ3) is 4.68. The van der Waals surface area contributed by atoms with Gasteiger partial charge in [-0.3, -0.25) is 9.69 Å². The van der Waals surface area contributed by atoms with Crippen LogP contribution in [0.4, 0.5) is 0 Å². The molecule has 1 aliphatic heterocycles. The van der Waals surface area contributed by atoms with E-state index in [1.54, 1.807) is 7.11 Å². The van der Waals surface area contributed by atoms with Gasteiger partial charge in [0.1, 0.15) is 5.75 Å². The van der Waals surface area contributed by atoms with Crippen LogP contribution in [0.2, 0.25) is 0 Å². The zero-order valence-electron chi connectivity index (χ0n) is 13.8.